The standard InChI is InChI=1S/C13H17NO3/c14-12(13(15)16)7-9-3-1-2-4-11(9)10-5-6-17-8-10/h1-4,10,12H,5-8,14H2,(H,15,16). The first-order valence-electron chi connectivity index (χ1n) is 5.82. The molecule has 3 N–H and O–H groups in total. The van der Waals surface area contributed by atoms with Crippen molar-refractivity contribution in [1.82, 2.24) is 0 Å². The summed E-state index contributed by atoms with van der Waals surface area (Å²) in [6.45, 7) is 1.50. The molecule has 1 aromatic rings. The van der Waals surface area contributed by atoms with Crippen molar-refractivity contribution in [1.29, 1.82) is 0 Å². The van der Waals surface area contributed by atoms with Crippen LogP contribution >= 0.6 is 0 Å². The second-order valence-corrected chi connectivity index (χ2v) is 4.41. The van der Waals surface area contributed by atoms with Gasteiger partial charge in [0, 0.05) is 12.5 Å². The molecule has 2 unspecified atom stereocenters. The lowest BCUT2D eigenvalue weighted by molar-refractivity contribution is -0.138. The third kappa shape index (κ3) is 2.84. The minimum absolute atomic E-state index is 0.377. The molecule has 0 saturated carbocycles. The molecule has 0 aromatic heterocycles. The molecule has 1 saturated heterocycles. The van der Waals surface area contributed by atoms with Gasteiger partial charge in [0.25, 0.3) is 0 Å². The predicted octanol–water partition coefficient (Wildman–Crippen LogP) is 1.14. The van der Waals surface area contributed by atoms with Gasteiger partial charge in [0.2, 0.25) is 0 Å². The third-order valence-corrected chi connectivity index (χ3v) is 3.18. The number of rotatable bonds is 4. The Hall–Kier alpha value is -1.39. The highest BCUT2D eigenvalue weighted by atomic mass is 16.5. The predicted molar refractivity (Wildman–Crippen MR) is 63.9 cm³/mol. The van der Waals surface area contributed by atoms with Crippen LogP contribution in [0.1, 0.15) is 23.5 Å². The number of nitrogens with two attached hydrogens (primary N) is 1. The number of ether oxygens (including phenoxy) is 1. The van der Waals surface area contributed by atoms with Crippen LogP contribution in [-0.2, 0) is 16.0 Å². The van der Waals surface area contributed by atoms with Crippen molar-refractivity contribution in [2.24, 2.45) is 5.73 Å². The Morgan fingerprint density at radius 1 is 1.53 bits per heavy atom. The van der Waals surface area contributed by atoms with Crippen LogP contribution in [-0.4, -0.2) is 30.3 Å². The number of hydrogen-bond acceptors (Lipinski definition) is 3. The molecular weight excluding hydrogens is 218 g/mol. The molecule has 4 nitrogen and oxygen atoms in total. The van der Waals surface area contributed by atoms with Crippen molar-refractivity contribution in [3.05, 3.63) is 35.4 Å². The van der Waals surface area contributed by atoms with Crippen LogP contribution in [0, 0.1) is 0 Å². The lowest BCUT2D eigenvalue weighted by atomic mass is 9.90. The van der Waals surface area contributed by atoms with E-state index in [1.54, 1.807) is 0 Å². The summed E-state index contributed by atoms with van der Waals surface area (Å²) in [5.74, 6) is -0.574. The SMILES string of the molecule is NC(Cc1ccccc1C1CCOC1)C(=O)O. The third-order valence-electron chi connectivity index (χ3n) is 3.18. The Morgan fingerprint density at radius 2 is 2.29 bits per heavy atom. The van der Waals surface area contributed by atoms with E-state index < -0.39 is 12.0 Å². The van der Waals surface area contributed by atoms with Gasteiger partial charge in [0.05, 0.1) is 6.61 Å². The molecule has 4 heteroatoms. The van der Waals surface area contributed by atoms with Crippen LogP contribution in [0.2, 0.25) is 0 Å². The lowest BCUT2D eigenvalue weighted by Gasteiger charge is -2.15. The molecule has 0 spiro atoms. The van der Waals surface area contributed by atoms with Crippen LogP contribution in [0.4, 0.5) is 0 Å². The average Bonchev–Trinajstić information content (AvgIpc) is 2.83. The molecule has 1 heterocycles. The molecular formula is C13H17NO3. The summed E-state index contributed by atoms with van der Waals surface area (Å²) in [6.07, 6.45) is 1.38. The monoisotopic (exact) mass is 235 g/mol. The number of carbonyl (C=O) groups is 1. The van der Waals surface area contributed by atoms with Crippen molar-refractivity contribution < 1.29 is 14.6 Å². The van der Waals surface area contributed by atoms with E-state index in [4.69, 9.17) is 15.6 Å². The summed E-state index contributed by atoms with van der Waals surface area (Å²) in [6, 6.07) is 7.06. The molecule has 1 fully saturated rings. The maximum Gasteiger partial charge on any atom is 0.320 e. The number of benzene rings is 1. The van der Waals surface area contributed by atoms with Gasteiger partial charge in [0.15, 0.2) is 0 Å². The van der Waals surface area contributed by atoms with Crippen molar-refractivity contribution in [3.63, 3.8) is 0 Å². The summed E-state index contributed by atoms with van der Waals surface area (Å²) < 4.78 is 5.37. The number of carboxylic acids is 1. The summed E-state index contributed by atoms with van der Waals surface area (Å²) in [5.41, 5.74) is 7.79. The number of carboxylic acid groups (broad SMARTS) is 1. The van der Waals surface area contributed by atoms with Gasteiger partial charge < -0.3 is 15.6 Å². The van der Waals surface area contributed by atoms with Gasteiger partial charge in [-0.05, 0) is 24.0 Å². The van der Waals surface area contributed by atoms with E-state index in [-0.39, 0.29) is 0 Å². The van der Waals surface area contributed by atoms with Crippen LogP contribution in [0.5, 0.6) is 0 Å². The fourth-order valence-corrected chi connectivity index (χ4v) is 2.22. The second-order valence-electron chi connectivity index (χ2n) is 4.41. The molecule has 1 aromatic carbocycles. The van der Waals surface area contributed by atoms with Gasteiger partial charge >= 0.3 is 5.97 Å². The molecule has 1 aliphatic heterocycles. The van der Waals surface area contributed by atoms with Crippen LogP contribution in [0.3, 0.4) is 0 Å². The molecule has 0 bridgehead atoms. The molecule has 0 radical (unpaired) electrons. The summed E-state index contributed by atoms with van der Waals surface area (Å²) in [5, 5.41) is 8.85. The first-order chi connectivity index (χ1) is 8.18. The van der Waals surface area contributed by atoms with Crippen molar-refractivity contribution in [2.75, 3.05) is 13.2 Å². The van der Waals surface area contributed by atoms with Crippen molar-refractivity contribution in [2.45, 2.75) is 24.8 Å². The Balaban J connectivity index is 2.18. The molecule has 1 aliphatic rings. The summed E-state index contributed by atoms with van der Waals surface area (Å²) in [4.78, 5) is 10.8. The van der Waals surface area contributed by atoms with E-state index in [0.717, 1.165) is 25.2 Å². The Bertz CT molecular complexity index is 399. The van der Waals surface area contributed by atoms with Gasteiger partial charge in [-0.3, -0.25) is 4.79 Å². The summed E-state index contributed by atoms with van der Waals surface area (Å²) in [7, 11) is 0. The molecule has 0 amide bonds. The topological polar surface area (TPSA) is 72.5 Å². The highest BCUT2D eigenvalue weighted by Crippen LogP contribution is 2.28. The number of aliphatic carboxylic acids is 1. The number of hydrogen-bond donors (Lipinski definition) is 2. The largest absolute Gasteiger partial charge is 0.480 e. The fourth-order valence-electron chi connectivity index (χ4n) is 2.22. The van der Waals surface area contributed by atoms with E-state index in [1.165, 1.54) is 5.56 Å². The molecule has 0 aliphatic carbocycles. The van der Waals surface area contributed by atoms with E-state index in [2.05, 4.69) is 0 Å². The first-order valence-corrected chi connectivity index (χ1v) is 5.82. The van der Waals surface area contributed by atoms with Crippen molar-refractivity contribution in [3.8, 4) is 0 Å². The Morgan fingerprint density at radius 3 is 2.94 bits per heavy atom. The average molecular weight is 235 g/mol. The fraction of sp³-hybridized carbons (Fsp3) is 0.462. The van der Waals surface area contributed by atoms with Gasteiger partial charge in [0.1, 0.15) is 6.04 Å². The van der Waals surface area contributed by atoms with Crippen LogP contribution in [0.25, 0.3) is 0 Å². The van der Waals surface area contributed by atoms with E-state index >= 15 is 0 Å². The van der Waals surface area contributed by atoms with Gasteiger partial charge in [-0.15, -0.1) is 0 Å². The zero-order valence-electron chi connectivity index (χ0n) is 9.63. The van der Waals surface area contributed by atoms with Gasteiger partial charge in [-0.1, -0.05) is 24.3 Å². The molecule has 2 atom stereocenters. The maximum absolute atomic E-state index is 10.8. The second kappa shape index (κ2) is 5.29. The lowest BCUT2D eigenvalue weighted by Crippen LogP contribution is -2.32. The smallest absolute Gasteiger partial charge is 0.320 e. The Kier molecular flexibility index (Phi) is 3.76. The van der Waals surface area contributed by atoms with Crippen molar-refractivity contribution >= 4 is 5.97 Å². The molecule has 92 valence electrons. The van der Waals surface area contributed by atoms with Crippen LogP contribution < -0.4 is 5.73 Å². The van der Waals surface area contributed by atoms with Gasteiger partial charge in [-0.2, -0.15) is 0 Å². The highest BCUT2D eigenvalue weighted by molar-refractivity contribution is 5.73. The zero-order chi connectivity index (χ0) is 12.3. The van der Waals surface area contributed by atoms with E-state index in [9.17, 15) is 4.79 Å². The van der Waals surface area contributed by atoms with Crippen LogP contribution in [0.15, 0.2) is 24.3 Å². The maximum atomic E-state index is 10.8. The van der Waals surface area contributed by atoms with E-state index in [1.807, 2.05) is 24.3 Å². The zero-order valence-corrected chi connectivity index (χ0v) is 9.63. The minimum Gasteiger partial charge on any atom is -0.480 e. The normalized spacial score (nSPS) is 21.4. The van der Waals surface area contributed by atoms with Gasteiger partial charge in [-0.25, -0.2) is 0 Å². The Labute approximate surface area is 100 Å². The molecule has 17 heavy (non-hydrogen) atoms. The highest BCUT2D eigenvalue weighted by Gasteiger charge is 2.22. The molecule has 2 rings (SSSR count). The quantitative estimate of drug-likeness (QED) is 0.821. The minimum atomic E-state index is -0.956. The summed E-state index contributed by atoms with van der Waals surface area (Å²) >= 11 is 0. The first kappa shape index (κ1) is 12.1. The van der Waals surface area contributed by atoms with E-state index in [0.29, 0.717) is 12.3 Å².